The number of ether oxygens (including phenoxy) is 2. The number of hydrogen-bond acceptors (Lipinski definition) is 7. The fraction of sp³-hybridized carbons (Fsp3) is 0.400. The minimum atomic E-state index is -3.64. The Bertz CT molecular complexity index is 1440. The van der Waals surface area contributed by atoms with Crippen LogP contribution in [0.1, 0.15) is 43.5 Å². The number of nitrogens with zero attached hydrogens (tertiary/aromatic N) is 3. The molecule has 0 N–H and O–H groups in total. The highest BCUT2D eigenvalue weighted by molar-refractivity contribution is 7.89. The van der Waals surface area contributed by atoms with Crippen LogP contribution in [-0.2, 0) is 26.1 Å². The molecule has 11 heteroatoms. The van der Waals surface area contributed by atoms with Gasteiger partial charge in [0.25, 0.3) is 5.91 Å². The van der Waals surface area contributed by atoms with Crippen LogP contribution in [0.25, 0.3) is 10.2 Å². The van der Waals surface area contributed by atoms with Gasteiger partial charge in [0.05, 0.1) is 28.8 Å². The highest BCUT2D eigenvalue weighted by Crippen LogP contribution is 2.26. The zero-order chi connectivity index (χ0) is 25.9. The van der Waals surface area contributed by atoms with Crippen molar-refractivity contribution in [3.63, 3.8) is 0 Å². The predicted molar refractivity (Wildman–Crippen MR) is 137 cm³/mol. The van der Waals surface area contributed by atoms with Crippen LogP contribution in [0, 0.1) is 0 Å². The Balaban J connectivity index is 1.67. The summed E-state index contributed by atoms with van der Waals surface area (Å²) < 4.78 is 40.5. The van der Waals surface area contributed by atoms with Crippen molar-refractivity contribution < 1.29 is 27.5 Å². The van der Waals surface area contributed by atoms with Gasteiger partial charge in [0.1, 0.15) is 12.3 Å². The van der Waals surface area contributed by atoms with E-state index >= 15 is 0 Å². The SMILES string of the molecule is CCOC(=O)Cn1c(=NC(=O)c2ccc(S(=O)(=O)N3CCCCC3C)cc2)sc2cc(OC)ccc21. The van der Waals surface area contributed by atoms with E-state index in [9.17, 15) is 18.0 Å². The zero-order valence-electron chi connectivity index (χ0n) is 20.5. The van der Waals surface area contributed by atoms with E-state index in [0.29, 0.717) is 17.1 Å². The van der Waals surface area contributed by atoms with Gasteiger partial charge in [-0.15, -0.1) is 0 Å². The van der Waals surface area contributed by atoms with E-state index in [2.05, 4.69) is 4.99 Å². The standard InChI is InChI=1S/C25H29N3O6S2/c1-4-34-23(29)16-27-21-13-10-19(33-3)15-22(21)35-25(27)26-24(30)18-8-11-20(12-9-18)36(31,32)28-14-6-5-7-17(28)2/h8-13,15,17H,4-7,14,16H2,1-3H3. The first kappa shape index (κ1) is 26.1. The van der Waals surface area contributed by atoms with Crippen molar-refractivity contribution in [3.05, 3.63) is 52.8 Å². The van der Waals surface area contributed by atoms with Crippen LogP contribution in [0.3, 0.4) is 0 Å². The van der Waals surface area contributed by atoms with Crippen LogP contribution in [0.2, 0.25) is 0 Å². The number of aromatic nitrogens is 1. The van der Waals surface area contributed by atoms with Gasteiger partial charge in [-0.25, -0.2) is 8.42 Å². The van der Waals surface area contributed by atoms with Gasteiger partial charge in [0.15, 0.2) is 4.80 Å². The molecule has 9 nitrogen and oxygen atoms in total. The number of fused-ring (bicyclic) bond motifs is 1. The lowest BCUT2D eigenvalue weighted by molar-refractivity contribution is -0.143. The molecule has 1 saturated heterocycles. The molecular weight excluding hydrogens is 502 g/mol. The van der Waals surface area contributed by atoms with E-state index in [4.69, 9.17) is 9.47 Å². The fourth-order valence-corrected chi connectivity index (χ4v) is 7.00. The normalized spacial score (nSPS) is 17.3. The van der Waals surface area contributed by atoms with Crippen LogP contribution >= 0.6 is 11.3 Å². The zero-order valence-corrected chi connectivity index (χ0v) is 22.1. The molecule has 36 heavy (non-hydrogen) atoms. The second kappa shape index (κ2) is 10.9. The molecule has 1 unspecified atom stereocenters. The summed E-state index contributed by atoms with van der Waals surface area (Å²) in [7, 11) is -2.07. The topological polar surface area (TPSA) is 107 Å². The van der Waals surface area contributed by atoms with Gasteiger partial charge in [0.2, 0.25) is 10.0 Å². The average Bonchev–Trinajstić information content (AvgIpc) is 3.20. The smallest absolute Gasteiger partial charge is 0.326 e. The Morgan fingerprint density at radius 2 is 1.89 bits per heavy atom. The number of esters is 1. The molecule has 1 atom stereocenters. The molecular formula is C25H29N3O6S2. The fourth-order valence-electron chi connectivity index (χ4n) is 4.24. The number of amides is 1. The van der Waals surface area contributed by atoms with Crippen LogP contribution in [0.15, 0.2) is 52.4 Å². The molecule has 192 valence electrons. The van der Waals surface area contributed by atoms with Crippen molar-refractivity contribution in [2.75, 3.05) is 20.3 Å². The number of carbonyl (C=O) groups is 2. The summed E-state index contributed by atoms with van der Waals surface area (Å²) in [5, 5.41) is 0. The summed E-state index contributed by atoms with van der Waals surface area (Å²) in [6.45, 7) is 4.28. The van der Waals surface area contributed by atoms with E-state index in [1.165, 1.54) is 39.9 Å². The van der Waals surface area contributed by atoms with Crippen molar-refractivity contribution in [3.8, 4) is 5.75 Å². The van der Waals surface area contributed by atoms with Gasteiger partial charge in [-0.05, 0) is 69.2 Å². The van der Waals surface area contributed by atoms with E-state index < -0.39 is 21.9 Å². The molecule has 0 radical (unpaired) electrons. The molecule has 0 spiro atoms. The largest absolute Gasteiger partial charge is 0.497 e. The van der Waals surface area contributed by atoms with Crippen LogP contribution in [-0.4, -0.2) is 55.5 Å². The predicted octanol–water partition coefficient (Wildman–Crippen LogP) is 3.58. The molecule has 1 aromatic heterocycles. The molecule has 0 saturated carbocycles. The average molecular weight is 532 g/mol. The lowest BCUT2D eigenvalue weighted by atomic mass is 10.1. The number of hydrogen-bond donors (Lipinski definition) is 0. The van der Waals surface area contributed by atoms with Crippen molar-refractivity contribution in [1.82, 2.24) is 8.87 Å². The maximum atomic E-state index is 13.1. The lowest BCUT2D eigenvalue weighted by Gasteiger charge is -2.32. The molecule has 1 aliphatic rings. The Labute approximate surface area is 214 Å². The van der Waals surface area contributed by atoms with E-state index in [-0.39, 0.29) is 29.7 Å². The molecule has 4 rings (SSSR count). The van der Waals surface area contributed by atoms with Crippen molar-refractivity contribution in [2.24, 2.45) is 4.99 Å². The second-order valence-corrected chi connectivity index (χ2v) is 11.4. The van der Waals surface area contributed by atoms with Gasteiger partial charge in [-0.3, -0.25) is 9.59 Å². The van der Waals surface area contributed by atoms with Gasteiger partial charge < -0.3 is 14.0 Å². The molecule has 3 aromatic rings. The van der Waals surface area contributed by atoms with E-state index in [1.807, 2.05) is 13.0 Å². The highest BCUT2D eigenvalue weighted by atomic mass is 32.2. The second-order valence-electron chi connectivity index (χ2n) is 8.51. The Morgan fingerprint density at radius 3 is 2.56 bits per heavy atom. The number of carbonyl (C=O) groups excluding carboxylic acids is 2. The monoisotopic (exact) mass is 531 g/mol. The molecule has 0 aliphatic carbocycles. The minimum absolute atomic E-state index is 0.0542. The summed E-state index contributed by atoms with van der Waals surface area (Å²) in [4.78, 5) is 30.0. The van der Waals surface area contributed by atoms with Crippen molar-refractivity contribution in [2.45, 2.75) is 50.6 Å². The first-order valence-corrected chi connectivity index (χ1v) is 14.0. The molecule has 2 heterocycles. The van der Waals surface area contributed by atoms with Gasteiger partial charge in [-0.2, -0.15) is 9.30 Å². The van der Waals surface area contributed by atoms with Crippen molar-refractivity contribution in [1.29, 1.82) is 0 Å². The molecule has 1 fully saturated rings. The highest BCUT2D eigenvalue weighted by Gasteiger charge is 2.31. The van der Waals surface area contributed by atoms with E-state index in [1.54, 1.807) is 30.7 Å². The third kappa shape index (κ3) is 5.37. The quantitative estimate of drug-likeness (QED) is 0.432. The summed E-state index contributed by atoms with van der Waals surface area (Å²) in [6.07, 6.45) is 2.69. The summed E-state index contributed by atoms with van der Waals surface area (Å²) in [5.41, 5.74) is 0.968. The van der Waals surface area contributed by atoms with Crippen LogP contribution in [0.4, 0.5) is 0 Å². The molecule has 0 bridgehead atoms. The van der Waals surface area contributed by atoms with Crippen molar-refractivity contribution >= 4 is 43.5 Å². The van der Waals surface area contributed by atoms with Gasteiger partial charge in [-0.1, -0.05) is 17.8 Å². The Hall–Kier alpha value is -3.02. The number of sulfonamides is 1. The summed E-state index contributed by atoms with van der Waals surface area (Å²) in [5.74, 6) is -0.338. The molecule has 1 aliphatic heterocycles. The van der Waals surface area contributed by atoms with Crippen LogP contribution < -0.4 is 9.54 Å². The molecule has 2 aromatic carbocycles. The van der Waals surface area contributed by atoms with Crippen LogP contribution in [0.5, 0.6) is 5.75 Å². The van der Waals surface area contributed by atoms with Gasteiger partial charge >= 0.3 is 5.97 Å². The number of thiazole rings is 1. The number of benzene rings is 2. The number of piperidine rings is 1. The molecule has 1 amide bonds. The van der Waals surface area contributed by atoms with Gasteiger partial charge in [0, 0.05) is 18.2 Å². The lowest BCUT2D eigenvalue weighted by Crippen LogP contribution is -2.41. The first-order chi connectivity index (χ1) is 17.2. The minimum Gasteiger partial charge on any atom is -0.497 e. The summed E-state index contributed by atoms with van der Waals surface area (Å²) in [6, 6.07) is 11.2. The maximum Gasteiger partial charge on any atom is 0.326 e. The third-order valence-corrected chi connectivity index (χ3v) is 9.20. The maximum absolute atomic E-state index is 13.1. The number of rotatable bonds is 7. The Kier molecular flexibility index (Phi) is 7.91. The first-order valence-electron chi connectivity index (χ1n) is 11.8. The Morgan fingerprint density at radius 1 is 1.14 bits per heavy atom. The number of methoxy groups -OCH3 is 1. The third-order valence-electron chi connectivity index (χ3n) is 6.13. The van der Waals surface area contributed by atoms with E-state index in [0.717, 1.165) is 29.5 Å². The summed E-state index contributed by atoms with van der Waals surface area (Å²) >= 11 is 1.25.